The smallest absolute Gasteiger partial charge is 0.317 e. The molecule has 0 saturated heterocycles. The van der Waals surface area contributed by atoms with Crippen LogP contribution in [0.3, 0.4) is 0 Å². The summed E-state index contributed by atoms with van der Waals surface area (Å²) in [5.41, 5.74) is -0.253. The number of hydrogen-bond donors (Lipinski definition) is 2. The lowest BCUT2D eigenvalue weighted by atomic mass is 9.66. The van der Waals surface area contributed by atoms with E-state index in [0.29, 0.717) is 26.2 Å². The molecule has 1 aromatic rings. The highest BCUT2D eigenvalue weighted by atomic mass is 16.4. The summed E-state index contributed by atoms with van der Waals surface area (Å²) in [6, 6.07) is -0.152. The van der Waals surface area contributed by atoms with Crippen LogP contribution in [0.4, 0.5) is 4.79 Å². The molecule has 2 aliphatic rings. The van der Waals surface area contributed by atoms with Crippen LogP contribution in [0.15, 0.2) is 6.33 Å². The molecule has 0 atom stereocenters. The number of carboxylic acids is 1. The van der Waals surface area contributed by atoms with Crippen LogP contribution in [0.25, 0.3) is 0 Å². The molecule has 114 valence electrons. The van der Waals surface area contributed by atoms with Crippen molar-refractivity contribution >= 4 is 12.0 Å². The molecule has 0 unspecified atom stereocenters. The summed E-state index contributed by atoms with van der Waals surface area (Å²) in [6.07, 6.45) is 4.57. The van der Waals surface area contributed by atoms with Gasteiger partial charge in [-0.05, 0) is 18.3 Å². The zero-order valence-electron chi connectivity index (χ0n) is 11.8. The molecule has 0 spiro atoms. The molecule has 2 heterocycles. The third-order valence-electron chi connectivity index (χ3n) is 4.48. The van der Waals surface area contributed by atoms with Crippen molar-refractivity contribution in [2.24, 2.45) is 5.41 Å². The number of amides is 2. The second-order valence-corrected chi connectivity index (χ2v) is 5.94. The van der Waals surface area contributed by atoms with Gasteiger partial charge in [-0.15, -0.1) is 10.2 Å². The van der Waals surface area contributed by atoms with Crippen LogP contribution in [0.1, 0.15) is 31.5 Å². The average molecular weight is 293 g/mol. The molecule has 2 N–H and O–H groups in total. The summed E-state index contributed by atoms with van der Waals surface area (Å²) in [5, 5.41) is 19.7. The van der Waals surface area contributed by atoms with Crippen molar-refractivity contribution in [1.29, 1.82) is 0 Å². The van der Waals surface area contributed by atoms with Gasteiger partial charge in [-0.25, -0.2) is 4.79 Å². The molecule has 3 rings (SSSR count). The van der Waals surface area contributed by atoms with E-state index in [1.165, 1.54) is 0 Å². The predicted molar refractivity (Wildman–Crippen MR) is 72.4 cm³/mol. The predicted octanol–water partition coefficient (Wildman–Crippen LogP) is 0.448. The summed E-state index contributed by atoms with van der Waals surface area (Å²) < 4.78 is 1.93. The Labute approximate surface area is 122 Å². The fourth-order valence-electron chi connectivity index (χ4n) is 3.03. The highest BCUT2D eigenvalue weighted by Crippen LogP contribution is 2.43. The lowest BCUT2D eigenvalue weighted by molar-refractivity contribution is -0.141. The van der Waals surface area contributed by atoms with E-state index in [2.05, 4.69) is 15.5 Å². The first kappa shape index (κ1) is 13.8. The summed E-state index contributed by atoms with van der Waals surface area (Å²) in [7, 11) is 0. The summed E-state index contributed by atoms with van der Waals surface area (Å²) >= 11 is 0. The maximum atomic E-state index is 12.2. The first-order valence-electron chi connectivity index (χ1n) is 7.19. The maximum Gasteiger partial charge on any atom is 0.317 e. The topological polar surface area (TPSA) is 100 Å². The quantitative estimate of drug-likeness (QED) is 0.839. The Kier molecular flexibility index (Phi) is 3.52. The molecule has 8 heteroatoms. The monoisotopic (exact) mass is 293 g/mol. The van der Waals surface area contributed by atoms with Crippen molar-refractivity contribution in [1.82, 2.24) is 25.0 Å². The molecule has 1 aromatic heterocycles. The molecule has 1 aliphatic carbocycles. The first-order chi connectivity index (χ1) is 10.1. The van der Waals surface area contributed by atoms with E-state index in [4.69, 9.17) is 5.11 Å². The fourth-order valence-corrected chi connectivity index (χ4v) is 3.03. The third kappa shape index (κ3) is 2.84. The van der Waals surface area contributed by atoms with Crippen LogP contribution in [0, 0.1) is 5.41 Å². The lowest BCUT2D eigenvalue weighted by Gasteiger charge is -2.41. The summed E-state index contributed by atoms with van der Waals surface area (Å²) in [5.74, 6) is -0.0182. The fraction of sp³-hybridized carbons (Fsp3) is 0.692. The van der Waals surface area contributed by atoms with Gasteiger partial charge < -0.3 is 19.9 Å². The number of carbonyl (C=O) groups is 2. The molecule has 21 heavy (non-hydrogen) atoms. The number of hydrogen-bond acceptors (Lipinski definition) is 4. The molecule has 1 fully saturated rings. The van der Waals surface area contributed by atoms with E-state index in [1.807, 2.05) is 4.57 Å². The van der Waals surface area contributed by atoms with Crippen molar-refractivity contribution in [3.05, 3.63) is 12.2 Å². The molecule has 2 amide bonds. The second kappa shape index (κ2) is 5.34. The number of nitrogens with one attached hydrogen (secondary N) is 1. The molecule has 1 saturated carbocycles. The van der Waals surface area contributed by atoms with Gasteiger partial charge in [0.25, 0.3) is 0 Å². The molecule has 1 aliphatic heterocycles. The van der Waals surface area contributed by atoms with Crippen LogP contribution in [0.2, 0.25) is 0 Å². The van der Waals surface area contributed by atoms with Gasteiger partial charge in [-0.2, -0.15) is 0 Å². The van der Waals surface area contributed by atoms with Crippen LogP contribution in [0.5, 0.6) is 0 Å². The number of aliphatic carboxylic acids is 1. The van der Waals surface area contributed by atoms with Crippen molar-refractivity contribution in [3.8, 4) is 0 Å². The minimum Gasteiger partial charge on any atom is -0.481 e. The van der Waals surface area contributed by atoms with E-state index < -0.39 is 5.97 Å². The number of urea groups is 1. The maximum absolute atomic E-state index is 12.2. The van der Waals surface area contributed by atoms with Gasteiger partial charge in [0.2, 0.25) is 0 Å². The molecule has 0 radical (unpaired) electrons. The van der Waals surface area contributed by atoms with Crippen LogP contribution in [-0.2, 0) is 17.9 Å². The van der Waals surface area contributed by atoms with E-state index in [0.717, 1.165) is 25.1 Å². The molecule has 0 aromatic carbocycles. The number of carbonyl (C=O) groups excluding carboxylic acids is 1. The molecular formula is C13H19N5O3. The Morgan fingerprint density at radius 1 is 1.38 bits per heavy atom. The largest absolute Gasteiger partial charge is 0.481 e. The van der Waals surface area contributed by atoms with Gasteiger partial charge in [-0.1, -0.05) is 6.42 Å². The highest BCUT2D eigenvalue weighted by molar-refractivity contribution is 5.74. The SMILES string of the molecule is O=C(O)CC1(CNC(=O)N2CCn3cnnc3C2)CCC1. The number of fused-ring (bicyclic) bond motifs is 1. The van der Waals surface area contributed by atoms with Crippen molar-refractivity contribution in [2.75, 3.05) is 13.1 Å². The minimum absolute atomic E-state index is 0.127. The average Bonchev–Trinajstić information content (AvgIpc) is 2.88. The minimum atomic E-state index is -0.796. The van der Waals surface area contributed by atoms with Gasteiger partial charge in [0.15, 0.2) is 5.82 Å². The summed E-state index contributed by atoms with van der Waals surface area (Å²) in [4.78, 5) is 24.8. The third-order valence-corrected chi connectivity index (χ3v) is 4.48. The van der Waals surface area contributed by atoms with E-state index >= 15 is 0 Å². The Bertz CT molecular complexity index is 552. The number of rotatable bonds is 4. The van der Waals surface area contributed by atoms with Crippen LogP contribution < -0.4 is 5.32 Å². The highest BCUT2D eigenvalue weighted by Gasteiger charge is 2.39. The summed E-state index contributed by atoms with van der Waals surface area (Å²) in [6.45, 7) is 2.18. The van der Waals surface area contributed by atoms with Crippen molar-refractivity contribution < 1.29 is 14.7 Å². The number of nitrogens with zero attached hydrogens (tertiary/aromatic N) is 4. The first-order valence-corrected chi connectivity index (χ1v) is 7.19. The zero-order valence-corrected chi connectivity index (χ0v) is 11.8. The molecule has 0 bridgehead atoms. The van der Waals surface area contributed by atoms with E-state index in [1.54, 1.807) is 11.2 Å². The molecule has 8 nitrogen and oxygen atoms in total. The Morgan fingerprint density at radius 3 is 2.86 bits per heavy atom. The second-order valence-electron chi connectivity index (χ2n) is 5.94. The zero-order chi connectivity index (χ0) is 14.9. The van der Waals surface area contributed by atoms with Gasteiger partial charge >= 0.3 is 12.0 Å². The van der Waals surface area contributed by atoms with Crippen LogP contribution >= 0.6 is 0 Å². The van der Waals surface area contributed by atoms with Crippen molar-refractivity contribution in [3.63, 3.8) is 0 Å². The van der Waals surface area contributed by atoms with E-state index in [9.17, 15) is 9.59 Å². The van der Waals surface area contributed by atoms with Crippen LogP contribution in [-0.4, -0.2) is 49.9 Å². The van der Waals surface area contributed by atoms with E-state index in [-0.39, 0.29) is 17.9 Å². The lowest BCUT2D eigenvalue weighted by Crippen LogP contribution is -2.49. The van der Waals surface area contributed by atoms with Gasteiger partial charge in [0, 0.05) is 19.6 Å². The Balaban J connectivity index is 1.54. The number of carboxylic acid groups (broad SMARTS) is 1. The Morgan fingerprint density at radius 2 is 2.19 bits per heavy atom. The Hall–Kier alpha value is -2.12. The van der Waals surface area contributed by atoms with Gasteiger partial charge in [0.05, 0.1) is 13.0 Å². The van der Waals surface area contributed by atoms with Crippen molar-refractivity contribution in [2.45, 2.75) is 38.8 Å². The number of aromatic nitrogens is 3. The standard InChI is InChI=1S/C13H19N5O3/c19-11(20)6-13(2-1-3-13)8-14-12(21)17-4-5-18-9-15-16-10(18)7-17/h9H,1-8H2,(H,14,21)(H,19,20). The normalized spacial score (nSPS) is 19.5. The molecular weight excluding hydrogens is 274 g/mol. The van der Waals surface area contributed by atoms with Gasteiger partial charge in [-0.3, -0.25) is 4.79 Å². The van der Waals surface area contributed by atoms with Gasteiger partial charge in [0.1, 0.15) is 6.33 Å².